The number of carboxylic acid groups (broad SMARTS) is 1. The van der Waals surface area contributed by atoms with E-state index >= 15 is 0 Å². The molecule has 3 heteroatoms. The fourth-order valence-corrected chi connectivity index (χ4v) is 2.65. The normalized spacial score (nSPS) is 13.2. The van der Waals surface area contributed by atoms with Gasteiger partial charge in [-0.15, -0.1) is 0 Å². The van der Waals surface area contributed by atoms with Gasteiger partial charge in [-0.25, -0.2) is 0 Å². The molecule has 0 aliphatic rings. The maximum atomic E-state index is 10.8. The number of carboxylic acids is 1. The molecule has 0 amide bonds. The van der Waals surface area contributed by atoms with Crippen molar-refractivity contribution in [1.29, 1.82) is 0 Å². The topological polar surface area (TPSA) is 57.5 Å². The van der Waals surface area contributed by atoms with Crippen LogP contribution in [0.1, 0.15) is 63.3 Å². The molecule has 0 aliphatic carbocycles. The molecule has 0 spiro atoms. The highest BCUT2D eigenvalue weighted by atomic mass is 16.4. The smallest absolute Gasteiger partial charge is 0.303 e. The quantitative estimate of drug-likeness (QED) is 0.799. The van der Waals surface area contributed by atoms with Crippen LogP contribution < -0.4 is 0 Å². The third-order valence-corrected chi connectivity index (χ3v) is 3.75. The molecule has 0 heterocycles. The first-order chi connectivity index (χ1) is 9.29. The number of hydrogen-bond donors (Lipinski definition) is 2. The summed E-state index contributed by atoms with van der Waals surface area (Å²) in [7, 11) is 0. The minimum absolute atomic E-state index is 0.0672. The van der Waals surface area contributed by atoms with E-state index in [9.17, 15) is 9.90 Å². The summed E-state index contributed by atoms with van der Waals surface area (Å²) in [6.07, 6.45) is 1.85. The summed E-state index contributed by atoms with van der Waals surface area (Å²) in [5, 5.41) is 19.3. The Kier molecular flexibility index (Phi) is 5.75. The fourth-order valence-electron chi connectivity index (χ4n) is 2.65. The van der Waals surface area contributed by atoms with Gasteiger partial charge in [-0.2, -0.15) is 0 Å². The molecule has 0 aliphatic heterocycles. The lowest BCUT2D eigenvalue weighted by atomic mass is 9.81. The molecule has 1 aromatic carbocycles. The summed E-state index contributed by atoms with van der Waals surface area (Å²) in [6.45, 7) is 8.00. The van der Waals surface area contributed by atoms with Crippen molar-refractivity contribution in [3.8, 4) is 0 Å². The molecule has 1 aromatic rings. The number of aryl methyl sites for hydroxylation is 2. The molecule has 2 N–H and O–H groups in total. The molecule has 20 heavy (non-hydrogen) atoms. The third-order valence-electron chi connectivity index (χ3n) is 3.75. The molecule has 112 valence electrons. The molecule has 0 saturated carbocycles. The van der Waals surface area contributed by atoms with Gasteiger partial charge >= 0.3 is 5.97 Å². The van der Waals surface area contributed by atoms with Gasteiger partial charge in [0.2, 0.25) is 0 Å². The van der Waals surface area contributed by atoms with Crippen LogP contribution in [0.5, 0.6) is 0 Å². The van der Waals surface area contributed by atoms with Crippen LogP contribution in [0.25, 0.3) is 0 Å². The molecular formula is C17H26O3. The van der Waals surface area contributed by atoms with E-state index in [0.717, 1.165) is 18.4 Å². The van der Waals surface area contributed by atoms with Gasteiger partial charge < -0.3 is 10.2 Å². The zero-order chi connectivity index (χ0) is 15.3. The van der Waals surface area contributed by atoms with Crippen LogP contribution in [0.4, 0.5) is 0 Å². The predicted molar refractivity (Wildman–Crippen MR) is 80.8 cm³/mol. The molecule has 3 nitrogen and oxygen atoms in total. The van der Waals surface area contributed by atoms with E-state index in [1.807, 2.05) is 19.9 Å². The fraction of sp³-hybridized carbons (Fsp3) is 0.588. The zero-order valence-corrected chi connectivity index (χ0v) is 12.9. The van der Waals surface area contributed by atoms with Crippen molar-refractivity contribution in [3.63, 3.8) is 0 Å². The Bertz CT molecular complexity index is 463. The monoisotopic (exact) mass is 278 g/mol. The minimum Gasteiger partial charge on any atom is -0.481 e. The van der Waals surface area contributed by atoms with Gasteiger partial charge in [-0.1, -0.05) is 45.9 Å². The van der Waals surface area contributed by atoms with E-state index in [2.05, 4.69) is 26.0 Å². The van der Waals surface area contributed by atoms with Crippen LogP contribution in [0, 0.1) is 5.41 Å². The van der Waals surface area contributed by atoms with Gasteiger partial charge in [0, 0.05) is 0 Å². The summed E-state index contributed by atoms with van der Waals surface area (Å²) < 4.78 is 0. The molecule has 1 unspecified atom stereocenters. The average molecular weight is 278 g/mol. The van der Waals surface area contributed by atoms with Crippen molar-refractivity contribution in [1.82, 2.24) is 0 Å². The van der Waals surface area contributed by atoms with Crippen molar-refractivity contribution < 1.29 is 15.0 Å². The van der Waals surface area contributed by atoms with E-state index < -0.39 is 17.5 Å². The lowest BCUT2D eigenvalue weighted by Crippen LogP contribution is -2.20. The Morgan fingerprint density at radius 3 is 2.30 bits per heavy atom. The van der Waals surface area contributed by atoms with Gasteiger partial charge in [-0.05, 0) is 41.4 Å². The van der Waals surface area contributed by atoms with E-state index in [1.165, 1.54) is 11.1 Å². The minimum atomic E-state index is -0.822. The van der Waals surface area contributed by atoms with Crippen molar-refractivity contribution >= 4 is 5.97 Å². The highest BCUT2D eigenvalue weighted by Gasteiger charge is 2.26. The van der Waals surface area contributed by atoms with Crippen molar-refractivity contribution in [2.24, 2.45) is 5.41 Å². The molecule has 0 fully saturated rings. The van der Waals surface area contributed by atoms with Gasteiger partial charge in [-0.3, -0.25) is 4.79 Å². The number of rotatable bonds is 7. The van der Waals surface area contributed by atoms with Crippen molar-refractivity contribution in [3.05, 3.63) is 34.9 Å². The van der Waals surface area contributed by atoms with Crippen LogP contribution in [0.15, 0.2) is 18.2 Å². The molecule has 0 bridgehead atoms. The SMILES string of the molecule is CCc1ccc(C(O)CC(C)(C)CC(=O)O)cc1CC. The van der Waals surface area contributed by atoms with Crippen molar-refractivity contribution in [2.75, 3.05) is 0 Å². The largest absolute Gasteiger partial charge is 0.481 e. The molecule has 1 rings (SSSR count). The summed E-state index contributed by atoms with van der Waals surface area (Å²) in [5.41, 5.74) is 3.05. The van der Waals surface area contributed by atoms with E-state index in [-0.39, 0.29) is 6.42 Å². The molecule has 1 atom stereocenters. The van der Waals surface area contributed by atoms with Gasteiger partial charge in [0.05, 0.1) is 12.5 Å². The number of carbonyl (C=O) groups is 1. The molecular weight excluding hydrogens is 252 g/mol. The second kappa shape index (κ2) is 6.89. The third kappa shape index (κ3) is 4.64. The maximum absolute atomic E-state index is 10.8. The highest BCUT2D eigenvalue weighted by Crippen LogP contribution is 2.33. The summed E-state index contributed by atoms with van der Waals surface area (Å²) >= 11 is 0. The number of benzene rings is 1. The molecule has 0 aromatic heterocycles. The zero-order valence-electron chi connectivity index (χ0n) is 12.9. The first-order valence-electron chi connectivity index (χ1n) is 7.30. The van der Waals surface area contributed by atoms with Gasteiger partial charge in [0.1, 0.15) is 0 Å². The molecule has 0 radical (unpaired) electrons. The first-order valence-corrected chi connectivity index (χ1v) is 7.30. The average Bonchev–Trinajstić information content (AvgIpc) is 2.35. The van der Waals surface area contributed by atoms with Crippen LogP contribution in [0.2, 0.25) is 0 Å². The predicted octanol–water partition coefficient (Wildman–Crippen LogP) is 3.74. The lowest BCUT2D eigenvalue weighted by Gasteiger charge is -2.26. The maximum Gasteiger partial charge on any atom is 0.303 e. The summed E-state index contributed by atoms with van der Waals surface area (Å²) in [6, 6.07) is 6.08. The molecule has 0 saturated heterocycles. The van der Waals surface area contributed by atoms with E-state index in [4.69, 9.17) is 5.11 Å². The number of aliphatic hydroxyl groups excluding tert-OH is 1. The second-order valence-corrected chi connectivity index (χ2v) is 6.19. The standard InChI is InChI=1S/C17H26O3/c1-5-12-7-8-14(9-13(12)6-2)15(18)10-17(3,4)11-16(19)20/h7-9,15,18H,5-6,10-11H2,1-4H3,(H,19,20). The number of aliphatic hydroxyl groups is 1. The van der Waals surface area contributed by atoms with Crippen molar-refractivity contribution in [2.45, 2.75) is 59.5 Å². The second-order valence-electron chi connectivity index (χ2n) is 6.19. The Balaban J connectivity index is 2.87. The van der Waals surface area contributed by atoms with Gasteiger partial charge in [0.15, 0.2) is 0 Å². The Labute approximate surface area is 121 Å². The Hall–Kier alpha value is -1.35. The number of hydrogen-bond acceptors (Lipinski definition) is 2. The number of aliphatic carboxylic acids is 1. The summed E-state index contributed by atoms with van der Waals surface area (Å²) in [5.74, 6) is -0.822. The first kappa shape index (κ1) is 16.7. The lowest BCUT2D eigenvalue weighted by molar-refractivity contribution is -0.139. The van der Waals surface area contributed by atoms with Crippen LogP contribution in [-0.4, -0.2) is 16.2 Å². The van der Waals surface area contributed by atoms with E-state index in [0.29, 0.717) is 6.42 Å². The van der Waals surface area contributed by atoms with Gasteiger partial charge in [0.25, 0.3) is 0 Å². The van der Waals surface area contributed by atoms with Crippen LogP contribution >= 0.6 is 0 Å². The summed E-state index contributed by atoms with van der Waals surface area (Å²) in [4.78, 5) is 10.8. The van der Waals surface area contributed by atoms with Crippen LogP contribution in [-0.2, 0) is 17.6 Å². The Morgan fingerprint density at radius 2 is 1.80 bits per heavy atom. The highest BCUT2D eigenvalue weighted by molar-refractivity contribution is 5.67. The Morgan fingerprint density at radius 1 is 1.20 bits per heavy atom. The van der Waals surface area contributed by atoms with Crippen LogP contribution in [0.3, 0.4) is 0 Å². The van der Waals surface area contributed by atoms with E-state index in [1.54, 1.807) is 0 Å².